The predicted octanol–water partition coefficient (Wildman–Crippen LogP) is 1.99. The van der Waals surface area contributed by atoms with E-state index in [1.165, 1.54) is 6.07 Å². The summed E-state index contributed by atoms with van der Waals surface area (Å²) in [6.45, 7) is 1.77. The van der Waals surface area contributed by atoms with Gasteiger partial charge in [0.2, 0.25) is 10.0 Å². The van der Waals surface area contributed by atoms with Crippen molar-refractivity contribution in [2.24, 2.45) is 5.92 Å². The maximum absolute atomic E-state index is 13.7. The molecular formula is C11H10F2N2O2S. The minimum atomic E-state index is -3.67. The standard InChI is InChI=1S/C11H10F2N2O2S/c1-6-4-10(6)18(16,17)15-9-3-2-8(12)7(5-14)11(9)13/h2-3,6,10,15H,4H2,1H3/t6-,10?/m0/s1. The number of nitriles is 1. The summed E-state index contributed by atoms with van der Waals surface area (Å²) < 4.78 is 52.3. The van der Waals surface area contributed by atoms with Crippen LogP contribution >= 0.6 is 0 Å². The molecule has 1 aliphatic carbocycles. The molecule has 1 aliphatic rings. The number of hydrogen-bond donors (Lipinski definition) is 1. The molecule has 0 saturated heterocycles. The molecule has 0 bridgehead atoms. The van der Waals surface area contributed by atoms with E-state index >= 15 is 0 Å². The summed E-state index contributed by atoms with van der Waals surface area (Å²) in [5.74, 6) is -2.17. The summed E-state index contributed by atoms with van der Waals surface area (Å²) in [7, 11) is -3.67. The van der Waals surface area contributed by atoms with Crippen LogP contribution in [-0.4, -0.2) is 13.7 Å². The molecule has 0 aliphatic heterocycles. The average Bonchev–Trinajstić information content (AvgIpc) is 3.02. The summed E-state index contributed by atoms with van der Waals surface area (Å²) in [4.78, 5) is 0. The van der Waals surface area contributed by atoms with Crippen molar-refractivity contribution in [1.29, 1.82) is 5.26 Å². The summed E-state index contributed by atoms with van der Waals surface area (Å²) in [5.41, 5.74) is -1.19. The van der Waals surface area contributed by atoms with Crippen LogP contribution in [0.3, 0.4) is 0 Å². The van der Waals surface area contributed by atoms with Crippen molar-refractivity contribution in [2.75, 3.05) is 4.72 Å². The number of anilines is 1. The lowest BCUT2D eigenvalue weighted by Crippen LogP contribution is -2.19. The largest absolute Gasteiger partial charge is 0.280 e. The van der Waals surface area contributed by atoms with Gasteiger partial charge in [-0.25, -0.2) is 17.2 Å². The molecule has 1 fully saturated rings. The quantitative estimate of drug-likeness (QED) is 0.914. The molecule has 0 aromatic heterocycles. The van der Waals surface area contributed by atoms with E-state index in [1.807, 2.05) is 0 Å². The predicted molar refractivity (Wildman–Crippen MR) is 61.2 cm³/mol. The molecule has 0 radical (unpaired) electrons. The molecule has 4 nitrogen and oxygen atoms in total. The number of halogens is 2. The first-order chi connectivity index (χ1) is 8.36. The highest BCUT2D eigenvalue weighted by Crippen LogP contribution is 2.37. The van der Waals surface area contributed by atoms with Gasteiger partial charge in [-0.3, -0.25) is 4.72 Å². The first-order valence-electron chi connectivity index (χ1n) is 5.26. The van der Waals surface area contributed by atoms with Crippen LogP contribution in [0.5, 0.6) is 0 Å². The molecule has 0 heterocycles. The number of sulfonamides is 1. The van der Waals surface area contributed by atoms with Crippen LogP contribution in [0, 0.1) is 28.9 Å². The van der Waals surface area contributed by atoms with Gasteiger partial charge in [0.05, 0.1) is 10.9 Å². The van der Waals surface area contributed by atoms with Gasteiger partial charge >= 0.3 is 0 Å². The van der Waals surface area contributed by atoms with Gasteiger partial charge in [-0.1, -0.05) is 6.92 Å². The molecule has 1 N–H and O–H groups in total. The number of hydrogen-bond acceptors (Lipinski definition) is 3. The third kappa shape index (κ3) is 2.16. The van der Waals surface area contributed by atoms with Crippen LogP contribution < -0.4 is 4.72 Å². The summed E-state index contributed by atoms with van der Waals surface area (Å²) in [6, 6.07) is 3.18. The third-order valence-corrected chi connectivity index (χ3v) is 4.85. The fourth-order valence-corrected chi connectivity index (χ4v) is 3.47. The van der Waals surface area contributed by atoms with Gasteiger partial charge in [-0.05, 0) is 24.5 Å². The van der Waals surface area contributed by atoms with E-state index in [2.05, 4.69) is 4.72 Å². The second-order valence-electron chi connectivity index (χ2n) is 4.29. The zero-order chi connectivity index (χ0) is 13.5. The highest BCUT2D eigenvalue weighted by molar-refractivity contribution is 7.93. The Hall–Kier alpha value is -1.68. The second-order valence-corrected chi connectivity index (χ2v) is 6.19. The maximum Gasteiger partial charge on any atom is 0.235 e. The minimum absolute atomic E-state index is 0.0291. The lowest BCUT2D eigenvalue weighted by atomic mass is 10.2. The van der Waals surface area contributed by atoms with Crippen molar-refractivity contribution < 1.29 is 17.2 Å². The second kappa shape index (κ2) is 4.21. The van der Waals surface area contributed by atoms with Crippen LogP contribution in [0.4, 0.5) is 14.5 Å². The topological polar surface area (TPSA) is 70.0 Å². The van der Waals surface area contributed by atoms with Crippen molar-refractivity contribution in [3.05, 3.63) is 29.3 Å². The van der Waals surface area contributed by atoms with E-state index < -0.39 is 38.2 Å². The monoisotopic (exact) mass is 272 g/mol. The Morgan fingerprint density at radius 2 is 2.06 bits per heavy atom. The highest BCUT2D eigenvalue weighted by Gasteiger charge is 2.44. The average molecular weight is 272 g/mol. The van der Waals surface area contributed by atoms with Crippen molar-refractivity contribution in [2.45, 2.75) is 18.6 Å². The molecule has 2 rings (SSSR count). The van der Waals surface area contributed by atoms with E-state index in [-0.39, 0.29) is 5.92 Å². The van der Waals surface area contributed by atoms with E-state index in [1.54, 1.807) is 6.92 Å². The third-order valence-electron chi connectivity index (χ3n) is 2.89. The molecule has 2 atom stereocenters. The first kappa shape index (κ1) is 12.8. The molecule has 96 valence electrons. The van der Waals surface area contributed by atoms with Gasteiger partial charge in [-0.15, -0.1) is 0 Å². The zero-order valence-electron chi connectivity index (χ0n) is 9.44. The van der Waals surface area contributed by atoms with Gasteiger partial charge in [-0.2, -0.15) is 5.26 Å². The van der Waals surface area contributed by atoms with Crippen LogP contribution in [0.2, 0.25) is 0 Å². The summed E-state index contributed by atoms with van der Waals surface area (Å²) in [6.07, 6.45) is 0.517. The van der Waals surface area contributed by atoms with E-state index in [4.69, 9.17) is 5.26 Å². The summed E-state index contributed by atoms with van der Waals surface area (Å²) >= 11 is 0. The molecular weight excluding hydrogens is 262 g/mol. The van der Waals surface area contributed by atoms with Crippen LogP contribution in [-0.2, 0) is 10.0 Å². The lowest BCUT2D eigenvalue weighted by Gasteiger charge is -2.09. The lowest BCUT2D eigenvalue weighted by molar-refractivity contribution is 0.577. The van der Waals surface area contributed by atoms with Gasteiger partial charge in [0.1, 0.15) is 17.4 Å². The van der Waals surface area contributed by atoms with Gasteiger partial charge in [0.15, 0.2) is 5.82 Å². The highest BCUT2D eigenvalue weighted by atomic mass is 32.2. The summed E-state index contributed by atoms with van der Waals surface area (Å²) in [5, 5.41) is 8.03. The first-order valence-corrected chi connectivity index (χ1v) is 6.81. The van der Waals surface area contributed by atoms with Crippen LogP contribution in [0.25, 0.3) is 0 Å². The Morgan fingerprint density at radius 1 is 1.44 bits per heavy atom. The van der Waals surface area contributed by atoms with Gasteiger partial charge in [0, 0.05) is 0 Å². The van der Waals surface area contributed by atoms with E-state index in [0.29, 0.717) is 6.42 Å². The smallest absolute Gasteiger partial charge is 0.235 e. The maximum atomic E-state index is 13.7. The normalized spacial score (nSPS) is 22.3. The minimum Gasteiger partial charge on any atom is -0.280 e. The van der Waals surface area contributed by atoms with Crippen molar-refractivity contribution in [3.63, 3.8) is 0 Å². The Balaban J connectivity index is 2.34. The Morgan fingerprint density at radius 3 is 2.56 bits per heavy atom. The van der Waals surface area contributed by atoms with Crippen molar-refractivity contribution >= 4 is 15.7 Å². The van der Waals surface area contributed by atoms with E-state index in [9.17, 15) is 17.2 Å². The molecule has 0 spiro atoms. The van der Waals surface area contributed by atoms with Crippen LogP contribution in [0.1, 0.15) is 18.9 Å². The zero-order valence-corrected chi connectivity index (χ0v) is 10.3. The fraction of sp³-hybridized carbons (Fsp3) is 0.364. The van der Waals surface area contributed by atoms with Gasteiger partial charge < -0.3 is 0 Å². The molecule has 1 aromatic rings. The molecule has 1 saturated carbocycles. The number of nitrogens with zero attached hydrogens (tertiary/aromatic N) is 1. The number of nitrogens with one attached hydrogen (secondary N) is 1. The number of benzene rings is 1. The van der Waals surface area contributed by atoms with E-state index in [0.717, 1.165) is 12.1 Å². The fourth-order valence-electron chi connectivity index (χ4n) is 1.68. The molecule has 7 heteroatoms. The SMILES string of the molecule is C[C@H]1CC1S(=O)(=O)Nc1ccc(F)c(C#N)c1F. The van der Waals surface area contributed by atoms with Crippen molar-refractivity contribution in [3.8, 4) is 6.07 Å². The Bertz CT molecular complexity index is 637. The Labute approximate surface area is 103 Å². The van der Waals surface area contributed by atoms with Crippen molar-refractivity contribution in [1.82, 2.24) is 0 Å². The van der Waals surface area contributed by atoms with Crippen LogP contribution in [0.15, 0.2) is 12.1 Å². The number of rotatable bonds is 3. The molecule has 18 heavy (non-hydrogen) atoms. The Kier molecular flexibility index (Phi) is 2.99. The van der Waals surface area contributed by atoms with Gasteiger partial charge in [0.25, 0.3) is 0 Å². The molecule has 0 amide bonds. The molecule has 1 unspecified atom stereocenters. The molecule has 1 aromatic carbocycles.